The molecular weight excluding hydrogens is 365 g/mol. The molecular formula is C23H18N3OP. The third-order valence-electron chi connectivity index (χ3n) is 4.92. The monoisotopic (exact) mass is 383 g/mol. The molecule has 1 aliphatic heterocycles. The van der Waals surface area contributed by atoms with Crippen LogP contribution in [0, 0.1) is 0 Å². The van der Waals surface area contributed by atoms with Crippen molar-refractivity contribution >= 4 is 30.1 Å². The van der Waals surface area contributed by atoms with Crippen molar-refractivity contribution in [3.63, 3.8) is 0 Å². The van der Waals surface area contributed by atoms with E-state index < -0.39 is 8.15 Å². The molecule has 1 N–H and O–H groups in total. The molecule has 0 atom stereocenters. The maximum absolute atomic E-state index is 6.11. The number of anilines is 2. The van der Waals surface area contributed by atoms with Crippen LogP contribution in [0.15, 0.2) is 85.5 Å². The van der Waals surface area contributed by atoms with Gasteiger partial charge in [-0.05, 0) is 23.3 Å². The first-order valence-electron chi connectivity index (χ1n) is 9.05. The van der Waals surface area contributed by atoms with Gasteiger partial charge in [0.1, 0.15) is 0 Å². The summed E-state index contributed by atoms with van der Waals surface area (Å²) in [6, 6.07) is 20.9. The number of rotatable bonds is 1. The minimum absolute atomic E-state index is 1.01. The van der Waals surface area contributed by atoms with E-state index in [1.165, 1.54) is 10.6 Å². The largest absolute Gasteiger partial charge is 0.354 e. The molecule has 0 spiro atoms. The Morgan fingerprint density at radius 3 is 1.68 bits per heavy atom. The molecule has 3 heterocycles. The third-order valence-corrected chi connectivity index (χ3v) is 6.94. The maximum Gasteiger partial charge on any atom is 0.0925 e. The standard InChI is InChI=1S/C23H18N3OP/c1-27-28-22-8-4-2-6-16(22)18-14-24-12-10-20(18)26-21-11-13-25-15-19(21)17-7-3-5-9-23(17)28/h2-15,26H,1H3. The highest BCUT2D eigenvalue weighted by Gasteiger charge is 2.25. The smallest absolute Gasteiger partial charge is 0.0925 e. The van der Waals surface area contributed by atoms with E-state index in [2.05, 4.69) is 63.8 Å². The highest BCUT2D eigenvalue weighted by molar-refractivity contribution is 7.69. The second-order valence-electron chi connectivity index (χ2n) is 6.48. The lowest BCUT2D eigenvalue weighted by molar-refractivity contribution is 0.474. The molecule has 0 saturated heterocycles. The van der Waals surface area contributed by atoms with Gasteiger partial charge >= 0.3 is 0 Å². The summed E-state index contributed by atoms with van der Waals surface area (Å²) in [5.74, 6) is 0. The number of benzene rings is 2. The fraction of sp³-hybridized carbons (Fsp3) is 0.0435. The zero-order chi connectivity index (χ0) is 18.9. The molecule has 1 aliphatic rings. The van der Waals surface area contributed by atoms with E-state index in [0.29, 0.717) is 0 Å². The first-order chi connectivity index (χ1) is 13.9. The molecule has 2 aromatic carbocycles. The molecule has 4 aromatic rings. The molecule has 0 bridgehead atoms. The van der Waals surface area contributed by atoms with Crippen LogP contribution in [0.25, 0.3) is 22.3 Å². The van der Waals surface area contributed by atoms with Crippen molar-refractivity contribution in [1.29, 1.82) is 0 Å². The van der Waals surface area contributed by atoms with Crippen LogP contribution >= 0.6 is 8.15 Å². The highest BCUT2D eigenvalue weighted by atomic mass is 31.1. The Morgan fingerprint density at radius 2 is 1.18 bits per heavy atom. The third kappa shape index (κ3) is 2.78. The second-order valence-corrected chi connectivity index (χ2v) is 8.40. The molecule has 5 rings (SSSR count). The Balaban J connectivity index is 1.89. The van der Waals surface area contributed by atoms with Gasteiger partial charge in [-0.15, -0.1) is 0 Å². The quantitative estimate of drug-likeness (QED) is 0.477. The second kappa shape index (κ2) is 7.16. The number of nitrogens with zero attached hydrogens (tertiary/aromatic N) is 2. The van der Waals surface area contributed by atoms with E-state index in [1.54, 1.807) is 7.11 Å². The Labute approximate surface area is 165 Å². The molecule has 136 valence electrons. The van der Waals surface area contributed by atoms with Crippen LogP contribution in [0.4, 0.5) is 11.4 Å². The molecule has 0 radical (unpaired) electrons. The van der Waals surface area contributed by atoms with Gasteiger partial charge in [-0.1, -0.05) is 48.5 Å². The molecule has 28 heavy (non-hydrogen) atoms. The van der Waals surface area contributed by atoms with Gasteiger partial charge in [-0.3, -0.25) is 9.97 Å². The van der Waals surface area contributed by atoms with Crippen LogP contribution in [-0.4, -0.2) is 17.1 Å². The summed E-state index contributed by atoms with van der Waals surface area (Å²) >= 11 is 0. The van der Waals surface area contributed by atoms with Gasteiger partial charge < -0.3 is 9.84 Å². The molecule has 2 aromatic heterocycles. The lowest BCUT2D eigenvalue weighted by Crippen LogP contribution is -2.18. The molecule has 0 unspecified atom stereocenters. The highest BCUT2D eigenvalue weighted by Crippen LogP contribution is 2.44. The van der Waals surface area contributed by atoms with Gasteiger partial charge in [0, 0.05) is 65.0 Å². The van der Waals surface area contributed by atoms with Gasteiger partial charge in [0.15, 0.2) is 0 Å². The topological polar surface area (TPSA) is 47.0 Å². The van der Waals surface area contributed by atoms with Gasteiger partial charge in [0.05, 0.1) is 8.15 Å². The van der Waals surface area contributed by atoms with Crippen molar-refractivity contribution in [2.24, 2.45) is 0 Å². The summed E-state index contributed by atoms with van der Waals surface area (Å²) in [6.07, 6.45) is 7.46. The van der Waals surface area contributed by atoms with Crippen molar-refractivity contribution in [2.75, 3.05) is 12.4 Å². The summed E-state index contributed by atoms with van der Waals surface area (Å²) in [5, 5.41) is 5.97. The SMILES string of the molecule is COP1c2ccccc2-c2cnccc2Nc2ccncc2-c2ccccc21. The van der Waals surface area contributed by atoms with Crippen LogP contribution in [-0.2, 0) is 4.52 Å². The zero-order valence-electron chi connectivity index (χ0n) is 15.3. The van der Waals surface area contributed by atoms with Crippen molar-refractivity contribution in [1.82, 2.24) is 9.97 Å². The van der Waals surface area contributed by atoms with E-state index in [1.807, 2.05) is 36.9 Å². The molecule has 0 saturated carbocycles. The number of pyridine rings is 2. The summed E-state index contributed by atoms with van der Waals surface area (Å²) in [4.78, 5) is 8.78. The Morgan fingerprint density at radius 1 is 0.679 bits per heavy atom. The molecule has 4 nitrogen and oxygen atoms in total. The van der Waals surface area contributed by atoms with E-state index in [0.717, 1.165) is 33.6 Å². The van der Waals surface area contributed by atoms with Gasteiger partial charge in [0.2, 0.25) is 0 Å². The maximum atomic E-state index is 6.11. The van der Waals surface area contributed by atoms with Crippen LogP contribution in [0.3, 0.4) is 0 Å². The van der Waals surface area contributed by atoms with Gasteiger partial charge in [0.25, 0.3) is 0 Å². The summed E-state index contributed by atoms with van der Waals surface area (Å²) in [5.41, 5.74) is 6.42. The van der Waals surface area contributed by atoms with E-state index >= 15 is 0 Å². The van der Waals surface area contributed by atoms with Crippen LogP contribution in [0.5, 0.6) is 0 Å². The zero-order valence-corrected chi connectivity index (χ0v) is 16.2. The van der Waals surface area contributed by atoms with Gasteiger partial charge in [-0.2, -0.15) is 0 Å². The fourth-order valence-corrected chi connectivity index (χ4v) is 5.59. The van der Waals surface area contributed by atoms with E-state index in [4.69, 9.17) is 4.52 Å². The van der Waals surface area contributed by atoms with E-state index in [9.17, 15) is 0 Å². The lowest BCUT2D eigenvalue weighted by Gasteiger charge is -2.25. The molecule has 0 amide bonds. The number of hydrogen-bond donors (Lipinski definition) is 1. The fourth-order valence-electron chi connectivity index (χ4n) is 3.66. The number of fused-ring (bicyclic) bond motifs is 6. The Bertz CT molecular complexity index is 1070. The number of aromatic nitrogens is 2. The number of hydrogen-bond acceptors (Lipinski definition) is 4. The predicted octanol–water partition coefficient (Wildman–Crippen LogP) is 4.86. The lowest BCUT2D eigenvalue weighted by atomic mass is 10.0. The number of nitrogens with one attached hydrogen (secondary N) is 1. The minimum Gasteiger partial charge on any atom is -0.354 e. The first kappa shape index (κ1) is 17.1. The molecule has 0 fully saturated rings. The first-order valence-corrected chi connectivity index (χ1v) is 10.3. The normalized spacial score (nSPS) is 12.8. The van der Waals surface area contributed by atoms with Crippen LogP contribution in [0.2, 0.25) is 0 Å². The molecule has 0 aliphatic carbocycles. The minimum atomic E-state index is -1.01. The van der Waals surface area contributed by atoms with Crippen LogP contribution in [0.1, 0.15) is 0 Å². The predicted molar refractivity (Wildman–Crippen MR) is 116 cm³/mol. The summed E-state index contributed by atoms with van der Waals surface area (Å²) in [7, 11) is 0.783. The summed E-state index contributed by atoms with van der Waals surface area (Å²) in [6.45, 7) is 0. The van der Waals surface area contributed by atoms with Gasteiger partial charge in [-0.25, -0.2) is 0 Å². The van der Waals surface area contributed by atoms with Crippen LogP contribution < -0.4 is 15.9 Å². The average Bonchev–Trinajstić information content (AvgIpc) is 2.76. The van der Waals surface area contributed by atoms with Crippen molar-refractivity contribution in [3.8, 4) is 22.3 Å². The summed E-state index contributed by atoms with van der Waals surface area (Å²) < 4.78 is 6.11. The van der Waals surface area contributed by atoms with Crippen molar-refractivity contribution in [2.45, 2.75) is 0 Å². The van der Waals surface area contributed by atoms with E-state index in [-0.39, 0.29) is 0 Å². The molecule has 5 heteroatoms. The Kier molecular flexibility index (Phi) is 4.36. The Hall–Kier alpha value is -3.07. The van der Waals surface area contributed by atoms with Crippen molar-refractivity contribution in [3.05, 3.63) is 85.5 Å². The van der Waals surface area contributed by atoms with Crippen molar-refractivity contribution < 1.29 is 4.52 Å². The average molecular weight is 383 g/mol.